The molecule has 0 spiro atoms. The molecule has 0 aromatic heterocycles. The van der Waals surface area contributed by atoms with E-state index in [9.17, 15) is 0 Å². The number of rotatable bonds is 10. The molecule has 0 fully saturated rings. The van der Waals surface area contributed by atoms with Crippen molar-refractivity contribution in [1.82, 2.24) is 0 Å². The summed E-state index contributed by atoms with van der Waals surface area (Å²) in [4.78, 5) is 0. The Morgan fingerprint density at radius 3 is 2.06 bits per heavy atom. The zero-order valence-electron chi connectivity index (χ0n) is 20.7. The molecule has 4 heteroatoms. The Bertz CT molecular complexity index is 815. The third-order valence-corrected chi connectivity index (χ3v) is 11.1. The van der Waals surface area contributed by atoms with Crippen LogP contribution in [0.1, 0.15) is 59.9 Å². The van der Waals surface area contributed by atoms with Crippen LogP contribution in [0, 0.1) is 11.8 Å². The average molecular weight is 516 g/mol. The van der Waals surface area contributed by atoms with Gasteiger partial charge >= 0.3 is 199 Å². The Morgan fingerprint density at radius 2 is 1.47 bits per heavy atom. The summed E-state index contributed by atoms with van der Waals surface area (Å²) >= 11 is 0.517. The summed E-state index contributed by atoms with van der Waals surface area (Å²) in [6, 6.07) is 21.1. The molecule has 0 amide bonds. The van der Waals surface area contributed by atoms with Gasteiger partial charge in [-0.1, -0.05) is 6.07 Å². The quantitative estimate of drug-likeness (QED) is 0.215. The fourth-order valence-electron chi connectivity index (χ4n) is 3.97. The van der Waals surface area contributed by atoms with Gasteiger partial charge in [-0.25, -0.2) is 0 Å². The normalized spacial score (nSPS) is 13.0. The molecule has 2 aromatic rings. The van der Waals surface area contributed by atoms with E-state index >= 15 is 0 Å². The summed E-state index contributed by atoms with van der Waals surface area (Å²) in [5.74, 6) is 6.68. The fraction of sp³-hybridized carbons (Fsp3) is 0.500. The molecule has 0 heterocycles. The first-order chi connectivity index (χ1) is 15.2. The van der Waals surface area contributed by atoms with E-state index in [-0.39, 0.29) is 16.2 Å². The Kier molecular flexibility index (Phi) is 11.3. The number of ether oxygens (including phenoxy) is 1. The van der Waals surface area contributed by atoms with Crippen molar-refractivity contribution >= 4 is 28.5 Å². The standard InChI is InChI=1S/C28H40O2SeSi/c1-27(2,3)32(28(4,5)6)30-25(18-14-22-31-26-19-11-8-12-20-26)17-13-21-29-23-24-15-9-7-10-16-24/h7-12,15-16,19-20,25,32H,14,18,21-23H2,1-6H3. The number of benzene rings is 2. The second kappa shape index (κ2) is 13.4. The molecule has 2 aromatic carbocycles. The minimum atomic E-state index is -1.53. The number of hydrogen-bond donors (Lipinski definition) is 0. The molecule has 1 atom stereocenters. The van der Waals surface area contributed by atoms with Crippen LogP contribution in [0.25, 0.3) is 0 Å². The van der Waals surface area contributed by atoms with E-state index in [0.717, 1.165) is 12.8 Å². The monoisotopic (exact) mass is 516 g/mol. The van der Waals surface area contributed by atoms with Gasteiger partial charge in [-0.15, -0.1) is 0 Å². The first kappa shape index (κ1) is 26.9. The Hall–Kier alpha value is -1.34. The Morgan fingerprint density at radius 1 is 0.875 bits per heavy atom. The average Bonchev–Trinajstić information content (AvgIpc) is 2.73. The summed E-state index contributed by atoms with van der Waals surface area (Å²) in [6.07, 6.45) is 2.14. The van der Waals surface area contributed by atoms with Gasteiger partial charge in [0.25, 0.3) is 0 Å². The molecule has 0 aliphatic rings. The molecule has 2 rings (SSSR count). The number of hydrogen-bond acceptors (Lipinski definition) is 2. The van der Waals surface area contributed by atoms with Crippen molar-refractivity contribution < 1.29 is 9.16 Å². The summed E-state index contributed by atoms with van der Waals surface area (Å²) in [7, 11) is -1.53. The van der Waals surface area contributed by atoms with Crippen LogP contribution < -0.4 is 4.46 Å². The summed E-state index contributed by atoms with van der Waals surface area (Å²) in [6.45, 7) is 15.0. The van der Waals surface area contributed by atoms with Crippen molar-refractivity contribution in [2.45, 2.75) is 82.5 Å². The van der Waals surface area contributed by atoms with Crippen LogP contribution in [-0.4, -0.2) is 36.7 Å². The zero-order chi connectivity index (χ0) is 23.5. The van der Waals surface area contributed by atoms with Gasteiger partial charge in [-0.2, -0.15) is 0 Å². The van der Waals surface area contributed by atoms with Crippen molar-refractivity contribution in [3.8, 4) is 11.8 Å². The van der Waals surface area contributed by atoms with E-state index in [4.69, 9.17) is 9.16 Å². The van der Waals surface area contributed by atoms with Gasteiger partial charge in [-0.3, -0.25) is 0 Å². The molecule has 0 saturated carbocycles. The van der Waals surface area contributed by atoms with E-state index < -0.39 is 9.04 Å². The molecule has 2 nitrogen and oxygen atoms in total. The predicted molar refractivity (Wildman–Crippen MR) is 141 cm³/mol. The molecule has 0 N–H and O–H groups in total. The van der Waals surface area contributed by atoms with Gasteiger partial charge in [0.1, 0.15) is 0 Å². The molecular weight excluding hydrogens is 475 g/mol. The van der Waals surface area contributed by atoms with Gasteiger partial charge < -0.3 is 0 Å². The van der Waals surface area contributed by atoms with Crippen molar-refractivity contribution in [3.05, 3.63) is 66.2 Å². The summed E-state index contributed by atoms with van der Waals surface area (Å²) in [5, 5.41) is 1.60. The van der Waals surface area contributed by atoms with E-state index in [1.54, 1.807) is 0 Å². The molecule has 0 bridgehead atoms. The summed E-state index contributed by atoms with van der Waals surface area (Å²) in [5.41, 5.74) is 1.18. The van der Waals surface area contributed by atoms with E-state index in [0.29, 0.717) is 28.2 Å². The maximum absolute atomic E-state index is 6.81. The fourth-order valence-corrected chi connectivity index (χ4v) is 9.80. The van der Waals surface area contributed by atoms with Crippen LogP contribution in [0.15, 0.2) is 60.7 Å². The first-order valence-electron chi connectivity index (χ1n) is 11.6. The summed E-state index contributed by atoms with van der Waals surface area (Å²) < 4.78 is 14.1. The third-order valence-electron chi connectivity index (χ3n) is 5.04. The first-order valence-corrected chi connectivity index (χ1v) is 15.3. The molecule has 0 aliphatic heterocycles. The van der Waals surface area contributed by atoms with Crippen molar-refractivity contribution in [2.75, 3.05) is 6.61 Å². The van der Waals surface area contributed by atoms with Crippen molar-refractivity contribution in [3.63, 3.8) is 0 Å². The van der Waals surface area contributed by atoms with Gasteiger partial charge in [0.05, 0.1) is 0 Å². The maximum atomic E-state index is 6.81. The van der Waals surface area contributed by atoms with Crippen LogP contribution in [0.2, 0.25) is 15.4 Å². The van der Waals surface area contributed by atoms with Crippen LogP contribution in [-0.2, 0) is 15.8 Å². The molecule has 32 heavy (non-hydrogen) atoms. The topological polar surface area (TPSA) is 18.5 Å². The zero-order valence-corrected chi connectivity index (χ0v) is 23.6. The van der Waals surface area contributed by atoms with Gasteiger partial charge in [-0.05, 0) is 0 Å². The minimum absolute atomic E-state index is 0.00276. The molecule has 0 saturated heterocycles. The predicted octanol–water partition coefficient (Wildman–Crippen LogP) is 6.14. The van der Waals surface area contributed by atoms with Crippen LogP contribution in [0.5, 0.6) is 0 Å². The van der Waals surface area contributed by atoms with Crippen LogP contribution in [0.4, 0.5) is 0 Å². The molecule has 0 aliphatic carbocycles. The van der Waals surface area contributed by atoms with Crippen LogP contribution >= 0.6 is 0 Å². The van der Waals surface area contributed by atoms with Gasteiger partial charge in [0, 0.05) is 0 Å². The molecular formula is C28H40O2SeSi. The van der Waals surface area contributed by atoms with Crippen LogP contribution in [0.3, 0.4) is 0 Å². The Labute approximate surface area is 204 Å². The second-order valence-electron chi connectivity index (χ2n) is 10.3. The SMILES string of the molecule is CC(C)(C)[SiH](OC(C#CCOCc1ccccc1)CCC[Se]c1ccccc1)C(C)(C)C. The van der Waals surface area contributed by atoms with Crippen molar-refractivity contribution in [2.24, 2.45) is 0 Å². The van der Waals surface area contributed by atoms with E-state index in [1.807, 2.05) is 18.2 Å². The van der Waals surface area contributed by atoms with E-state index in [1.165, 1.54) is 15.3 Å². The Balaban J connectivity index is 1.94. The molecule has 1 unspecified atom stereocenters. The van der Waals surface area contributed by atoms with Crippen molar-refractivity contribution in [1.29, 1.82) is 0 Å². The second-order valence-corrected chi connectivity index (χ2v) is 17.3. The van der Waals surface area contributed by atoms with Gasteiger partial charge in [0.15, 0.2) is 0 Å². The van der Waals surface area contributed by atoms with E-state index in [2.05, 4.69) is 95.8 Å². The third kappa shape index (κ3) is 10.5. The molecule has 174 valence electrons. The van der Waals surface area contributed by atoms with Gasteiger partial charge in [0.2, 0.25) is 0 Å². The molecule has 0 radical (unpaired) electrons.